The molecule has 1 atom stereocenters. The minimum Gasteiger partial charge on any atom is -0.493 e. The summed E-state index contributed by atoms with van der Waals surface area (Å²) in [5.41, 5.74) is 1.04. The van der Waals surface area contributed by atoms with Crippen molar-refractivity contribution in [2.75, 3.05) is 20.2 Å². The third kappa shape index (κ3) is 3.69. The van der Waals surface area contributed by atoms with Gasteiger partial charge in [0.05, 0.1) is 19.2 Å². The van der Waals surface area contributed by atoms with Gasteiger partial charge in [-0.1, -0.05) is 18.2 Å². The molecule has 0 aromatic heterocycles. The molecule has 1 amide bonds. The molecule has 6 heteroatoms. The normalized spacial score (nSPS) is 20.6. The Morgan fingerprint density at radius 1 is 1.27 bits per heavy atom. The van der Waals surface area contributed by atoms with Gasteiger partial charge in [-0.3, -0.25) is 9.79 Å². The lowest BCUT2D eigenvalue weighted by atomic mass is 10.0. The van der Waals surface area contributed by atoms with E-state index >= 15 is 0 Å². The molecule has 1 aromatic rings. The van der Waals surface area contributed by atoms with Gasteiger partial charge in [-0.05, 0) is 18.9 Å². The van der Waals surface area contributed by atoms with E-state index < -0.39 is 0 Å². The van der Waals surface area contributed by atoms with Crippen LogP contribution in [0.4, 0.5) is 0 Å². The van der Waals surface area contributed by atoms with Crippen LogP contribution in [0.5, 0.6) is 5.75 Å². The largest absolute Gasteiger partial charge is 0.493 e. The lowest BCUT2D eigenvalue weighted by Crippen LogP contribution is -2.45. The number of amides is 1. The van der Waals surface area contributed by atoms with Crippen molar-refractivity contribution < 1.29 is 9.53 Å². The third-order valence-electron chi connectivity index (χ3n) is 3.85. The molecule has 22 heavy (non-hydrogen) atoms. The Morgan fingerprint density at radius 2 is 2.09 bits per heavy atom. The van der Waals surface area contributed by atoms with Gasteiger partial charge < -0.3 is 20.7 Å². The van der Waals surface area contributed by atoms with Crippen molar-refractivity contribution in [3.05, 3.63) is 29.8 Å². The number of hydrogen-bond donors (Lipinski definition) is 3. The quantitative estimate of drug-likeness (QED) is 0.572. The zero-order valence-electron chi connectivity index (χ0n) is 12.8. The number of nitrogens with zero attached hydrogens (tertiary/aromatic N) is 1. The van der Waals surface area contributed by atoms with Crippen molar-refractivity contribution >= 4 is 11.9 Å². The van der Waals surface area contributed by atoms with Crippen LogP contribution in [-0.2, 0) is 4.79 Å². The van der Waals surface area contributed by atoms with Gasteiger partial charge in [-0.2, -0.15) is 0 Å². The van der Waals surface area contributed by atoms with Crippen LogP contribution < -0.4 is 20.7 Å². The van der Waals surface area contributed by atoms with Gasteiger partial charge in [0, 0.05) is 25.1 Å². The highest BCUT2D eigenvalue weighted by molar-refractivity contribution is 5.86. The Kier molecular flexibility index (Phi) is 4.46. The minimum atomic E-state index is -0.0413. The molecule has 2 aliphatic rings. The minimum absolute atomic E-state index is 0.0117. The number of ether oxygens (including phenoxy) is 1. The van der Waals surface area contributed by atoms with Gasteiger partial charge >= 0.3 is 0 Å². The van der Waals surface area contributed by atoms with E-state index in [2.05, 4.69) is 20.9 Å². The maximum absolute atomic E-state index is 12.1. The molecule has 1 unspecified atom stereocenters. The number of para-hydroxylation sites is 1. The molecule has 1 aliphatic carbocycles. The second-order valence-corrected chi connectivity index (χ2v) is 5.64. The summed E-state index contributed by atoms with van der Waals surface area (Å²) in [6, 6.07) is 8.37. The molecule has 3 N–H and O–H groups in total. The van der Waals surface area contributed by atoms with E-state index in [9.17, 15) is 4.79 Å². The molecule has 0 radical (unpaired) electrons. The highest BCUT2D eigenvalue weighted by atomic mass is 16.5. The van der Waals surface area contributed by atoms with Crippen LogP contribution in [0, 0.1) is 0 Å². The van der Waals surface area contributed by atoms with Gasteiger partial charge in [0.15, 0.2) is 5.96 Å². The van der Waals surface area contributed by atoms with E-state index in [1.54, 1.807) is 7.05 Å². The number of benzene rings is 1. The van der Waals surface area contributed by atoms with Gasteiger partial charge in [-0.15, -0.1) is 0 Å². The van der Waals surface area contributed by atoms with Crippen molar-refractivity contribution in [1.29, 1.82) is 0 Å². The summed E-state index contributed by atoms with van der Waals surface area (Å²) >= 11 is 0. The molecule has 0 spiro atoms. The number of nitrogens with one attached hydrogen (secondary N) is 3. The lowest BCUT2D eigenvalue weighted by molar-refractivity contribution is -0.120. The molecule has 1 fully saturated rings. The molecule has 118 valence electrons. The van der Waals surface area contributed by atoms with Gasteiger partial charge in [0.1, 0.15) is 5.75 Å². The fourth-order valence-electron chi connectivity index (χ4n) is 2.52. The number of fused-ring (bicyclic) bond motifs is 1. The van der Waals surface area contributed by atoms with E-state index in [1.165, 1.54) is 12.8 Å². The Morgan fingerprint density at radius 3 is 2.86 bits per heavy atom. The molecule has 1 heterocycles. The van der Waals surface area contributed by atoms with Crippen LogP contribution >= 0.6 is 0 Å². The number of guanidine groups is 1. The zero-order chi connectivity index (χ0) is 15.4. The highest BCUT2D eigenvalue weighted by Crippen LogP contribution is 2.31. The predicted octanol–water partition coefficient (Wildman–Crippen LogP) is 0.954. The van der Waals surface area contributed by atoms with Crippen molar-refractivity contribution in [3.63, 3.8) is 0 Å². The van der Waals surface area contributed by atoms with E-state index in [0.29, 0.717) is 18.6 Å². The highest BCUT2D eigenvalue weighted by Gasteiger charge is 2.24. The zero-order valence-corrected chi connectivity index (χ0v) is 12.8. The molecular weight excluding hydrogens is 280 g/mol. The average molecular weight is 302 g/mol. The van der Waals surface area contributed by atoms with Gasteiger partial charge in [-0.25, -0.2) is 0 Å². The first-order valence-electron chi connectivity index (χ1n) is 7.74. The third-order valence-corrected chi connectivity index (χ3v) is 3.85. The smallest absolute Gasteiger partial charge is 0.239 e. The second-order valence-electron chi connectivity index (χ2n) is 5.64. The standard InChI is InChI=1S/C16H22N4O2/c1-17-16(19-11-6-7-11)18-10-15(21)20-13-8-9-22-14-5-3-2-4-12(13)14/h2-5,11,13H,6-10H2,1H3,(H,20,21)(H2,17,18,19). The Labute approximate surface area is 130 Å². The Balaban J connectivity index is 1.51. The summed E-state index contributed by atoms with van der Waals surface area (Å²) in [4.78, 5) is 16.3. The summed E-state index contributed by atoms with van der Waals surface area (Å²) in [7, 11) is 1.71. The first-order valence-corrected chi connectivity index (χ1v) is 7.74. The SMILES string of the molecule is CN=C(NCC(=O)NC1CCOc2ccccc21)NC1CC1. The van der Waals surface area contributed by atoms with E-state index in [4.69, 9.17) is 4.74 Å². The second kappa shape index (κ2) is 6.68. The first-order chi connectivity index (χ1) is 10.8. The maximum atomic E-state index is 12.1. The molecule has 0 saturated heterocycles. The molecule has 3 rings (SSSR count). The van der Waals surface area contributed by atoms with Crippen LogP contribution in [0.3, 0.4) is 0 Å². The van der Waals surface area contributed by atoms with Gasteiger partial charge in [0.25, 0.3) is 0 Å². The van der Waals surface area contributed by atoms with Crippen molar-refractivity contribution in [1.82, 2.24) is 16.0 Å². The molecule has 1 saturated carbocycles. The first kappa shape index (κ1) is 14.7. The fraction of sp³-hybridized carbons (Fsp3) is 0.500. The number of carbonyl (C=O) groups is 1. The Hall–Kier alpha value is -2.24. The molecule has 1 aliphatic heterocycles. The summed E-state index contributed by atoms with van der Waals surface area (Å²) in [6.07, 6.45) is 3.13. The van der Waals surface area contributed by atoms with Crippen molar-refractivity contribution in [3.8, 4) is 5.75 Å². The summed E-state index contributed by atoms with van der Waals surface area (Å²) in [6.45, 7) is 0.839. The molecule has 0 bridgehead atoms. The van der Waals surface area contributed by atoms with Gasteiger partial charge in [0.2, 0.25) is 5.91 Å². The van der Waals surface area contributed by atoms with Crippen LogP contribution in [0.25, 0.3) is 0 Å². The molecule has 6 nitrogen and oxygen atoms in total. The number of rotatable bonds is 4. The lowest BCUT2D eigenvalue weighted by Gasteiger charge is -2.26. The number of carbonyl (C=O) groups excluding carboxylic acids is 1. The van der Waals surface area contributed by atoms with E-state index in [-0.39, 0.29) is 18.5 Å². The fourth-order valence-corrected chi connectivity index (χ4v) is 2.52. The van der Waals surface area contributed by atoms with Crippen LogP contribution in [-0.4, -0.2) is 38.1 Å². The summed E-state index contributed by atoms with van der Waals surface area (Å²) in [5, 5.41) is 9.36. The topological polar surface area (TPSA) is 74.8 Å². The molecular formula is C16H22N4O2. The summed E-state index contributed by atoms with van der Waals surface area (Å²) < 4.78 is 5.61. The summed E-state index contributed by atoms with van der Waals surface area (Å²) in [5.74, 6) is 1.50. The van der Waals surface area contributed by atoms with Crippen LogP contribution in [0.1, 0.15) is 30.9 Å². The van der Waals surface area contributed by atoms with E-state index in [0.717, 1.165) is 17.7 Å². The average Bonchev–Trinajstić information content (AvgIpc) is 3.36. The van der Waals surface area contributed by atoms with Crippen LogP contribution in [0.15, 0.2) is 29.3 Å². The van der Waals surface area contributed by atoms with Crippen molar-refractivity contribution in [2.45, 2.75) is 31.3 Å². The van der Waals surface area contributed by atoms with Crippen molar-refractivity contribution in [2.24, 2.45) is 4.99 Å². The van der Waals surface area contributed by atoms with Crippen LogP contribution in [0.2, 0.25) is 0 Å². The Bertz CT molecular complexity index is 569. The maximum Gasteiger partial charge on any atom is 0.239 e. The predicted molar refractivity (Wildman–Crippen MR) is 85.0 cm³/mol. The van der Waals surface area contributed by atoms with E-state index in [1.807, 2.05) is 24.3 Å². The molecule has 1 aromatic carbocycles. The number of aliphatic imine (C=N–C) groups is 1. The monoisotopic (exact) mass is 302 g/mol. The number of hydrogen-bond acceptors (Lipinski definition) is 3.